The predicted octanol–water partition coefficient (Wildman–Crippen LogP) is 2.13. The zero-order chi connectivity index (χ0) is 18.5. The van der Waals surface area contributed by atoms with Crippen LogP contribution in [-0.4, -0.2) is 34.4 Å². The molecule has 0 aliphatic rings. The van der Waals surface area contributed by atoms with Crippen LogP contribution in [0.3, 0.4) is 0 Å². The van der Waals surface area contributed by atoms with Gasteiger partial charge in [-0.15, -0.1) is 0 Å². The maximum atomic E-state index is 12.5. The van der Waals surface area contributed by atoms with Crippen LogP contribution in [0.1, 0.15) is 16.1 Å². The molecule has 1 amide bonds. The van der Waals surface area contributed by atoms with Crippen molar-refractivity contribution in [1.82, 2.24) is 20.1 Å². The fourth-order valence-corrected chi connectivity index (χ4v) is 2.93. The Bertz CT molecular complexity index is 1000. The number of halogens is 1. The van der Waals surface area contributed by atoms with Crippen molar-refractivity contribution in [2.75, 3.05) is 13.7 Å². The molecule has 7 nitrogen and oxygen atoms in total. The van der Waals surface area contributed by atoms with Gasteiger partial charge in [-0.25, -0.2) is 4.68 Å². The summed E-state index contributed by atoms with van der Waals surface area (Å²) in [5.74, 6) is -0.265. The number of carbonyl (C=O) groups is 1. The molecule has 0 spiro atoms. The third-order valence-electron chi connectivity index (χ3n) is 3.83. The Morgan fingerprint density at radius 3 is 2.77 bits per heavy atom. The average molecular weight is 417 g/mol. The number of nitrogens with one attached hydrogen (secondary N) is 1. The van der Waals surface area contributed by atoms with Crippen LogP contribution in [0.15, 0.2) is 52.0 Å². The molecule has 8 heteroatoms. The highest BCUT2D eigenvalue weighted by atomic mass is 79.9. The van der Waals surface area contributed by atoms with Crippen molar-refractivity contribution in [2.24, 2.45) is 0 Å². The lowest BCUT2D eigenvalue weighted by atomic mass is 10.1. The van der Waals surface area contributed by atoms with Crippen molar-refractivity contribution in [1.29, 1.82) is 0 Å². The summed E-state index contributed by atoms with van der Waals surface area (Å²) >= 11 is 3.30. The van der Waals surface area contributed by atoms with Gasteiger partial charge in [0.15, 0.2) is 0 Å². The van der Waals surface area contributed by atoms with Crippen LogP contribution in [0.5, 0.6) is 0 Å². The summed E-state index contributed by atoms with van der Waals surface area (Å²) in [6, 6.07) is 8.92. The van der Waals surface area contributed by atoms with Gasteiger partial charge in [0.2, 0.25) is 0 Å². The molecule has 0 atom stereocenters. The molecule has 0 fully saturated rings. The molecule has 0 bridgehead atoms. The summed E-state index contributed by atoms with van der Waals surface area (Å²) < 4.78 is 7.13. The first-order valence-corrected chi connectivity index (χ1v) is 8.76. The van der Waals surface area contributed by atoms with Gasteiger partial charge in [-0.1, -0.05) is 18.2 Å². The van der Waals surface area contributed by atoms with Crippen LogP contribution >= 0.6 is 15.9 Å². The van der Waals surface area contributed by atoms with Gasteiger partial charge in [-0.2, -0.15) is 5.10 Å². The number of fused-ring (bicyclic) bond motifs is 1. The van der Waals surface area contributed by atoms with Crippen molar-refractivity contribution in [3.63, 3.8) is 0 Å². The van der Waals surface area contributed by atoms with E-state index in [1.54, 1.807) is 31.5 Å². The monoisotopic (exact) mass is 416 g/mol. The van der Waals surface area contributed by atoms with E-state index in [1.807, 2.05) is 12.1 Å². The van der Waals surface area contributed by atoms with Gasteiger partial charge in [0.1, 0.15) is 0 Å². The Kier molecular flexibility index (Phi) is 5.75. The highest BCUT2D eigenvalue weighted by Gasteiger charge is 2.12. The molecule has 0 aliphatic carbocycles. The number of methoxy groups -OCH3 is 1. The first kappa shape index (κ1) is 18.2. The normalized spacial score (nSPS) is 10.8. The van der Waals surface area contributed by atoms with Crippen LogP contribution in [0, 0.1) is 0 Å². The lowest BCUT2D eigenvalue weighted by Gasteiger charge is -2.11. The minimum Gasteiger partial charge on any atom is -0.383 e. The number of carbonyl (C=O) groups excluding carboxylic acids is 1. The van der Waals surface area contributed by atoms with E-state index in [9.17, 15) is 9.59 Å². The summed E-state index contributed by atoms with van der Waals surface area (Å²) in [4.78, 5) is 28.9. The van der Waals surface area contributed by atoms with Gasteiger partial charge in [0.05, 0.1) is 36.3 Å². The number of aromatic nitrogens is 3. The molecule has 2 heterocycles. The SMILES string of the molecule is COCCn1nc(CNC(=O)c2cncc(Br)c2)c2ccccc2c1=O. The Morgan fingerprint density at radius 2 is 2.04 bits per heavy atom. The number of hydrogen-bond donors (Lipinski definition) is 1. The van der Waals surface area contributed by atoms with Gasteiger partial charge in [-0.05, 0) is 28.1 Å². The molecule has 3 rings (SSSR count). The number of rotatable bonds is 6. The smallest absolute Gasteiger partial charge is 0.274 e. The summed E-state index contributed by atoms with van der Waals surface area (Å²) in [7, 11) is 1.57. The summed E-state index contributed by atoms with van der Waals surface area (Å²) in [6.07, 6.45) is 3.10. The Labute approximate surface area is 158 Å². The lowest BCUT2D eigenvalue weighted by Crippen LogP contribution is -2.29. The highest BCUT2D eigenvalue weighted by molar-refractivity contribution is 9.10. The Morgan fingerprint density at radius 1 is 1.27 bits per heavy atom. The average Bonchev–Trinajstić information content (AvgIpc) is 2.66. The van der Waals surface area contributed by atoms with E-state index in [0.717, 1.165) is 9.86 Å². The summed E-state index contributed by atoms with van der Waals surface area (Å²) in [6.45, 7) is 0.913. The number of pyridine rings is 1. The van der Waals surface area contributed by atoms with Crippen LogP contribution in [0.4, 0.5) is 0 Å². The summed E-state index contributed by atoms with van der Waals surface area (Å²) in [5.41, 5.74) is 0.882. The molecular weight excluding hydrogens is 400 g/mol. The number of hydrogen-bond acceptors (Lipinski definition) is 5. The van der Waals surface area contributed by atoms with Crippen molar-refractivity contribution in [2.45, 2.75) is 13.1 Å². The fraction of sp³-hybridized carbons (Fsp3) is 0.222. The standard InChI is InChI=1S/C18H17BrN4O3/c1-26-7-6-23-18(25)15-5-3-2-4-14(15)16(22-23)11-21-17(24)12-8-13(19)10-20-9-12/h2-5,8-10H,6-7,11H2,1H3,(H,21,24). The molecule has 0 unspecified atom stereocenters. The topological polar surface area (TPSA) is 86.1 Å². The minimum atomic E-state index is -0.265. The maximum Gasteiger partial charge on any atom is 0.274 e. The van der Waals surface area contributed by atoms with E-state index >= 15 is 0 Å². The molecule has 2 aromatic heterocycles. The molecule has 0 saturated heterocycles. The number of ether oxygens (including phenoxy) is 1. The Balaban J connectivity index is 1.90. The lowest BCUT2D eigenvalue weighted by molar-refractivity contribution is 0.0950. The Hall–Kier alpha value is -2.58. The van der Waals surface area contributed by atoms with Crippen LogP contribution in [0.25, 0.3) is 10.8 Å². The molecule has 134 valence electrons. The van der Waals surface area contributed by atoms with E-state index in [4.69, 9.17) is 4.74 Å². The second-order valence-corrected chi connectivity index (χ2v) is 6.50. The first-order valence-electron chi connectivity index (χ1n) is 7.96. The van der Waals surface area contributed by atoms with Crippen molar-refractivity contribution in [3.05, 3.63) is 68.8 Å². The zero-order valence-electron chi connectivity index (χ0n) is 14.1. The van der Waals surface area contributed by atoms with Crippen LogP contribution < -0.4 is 10.9 Å². The van der Waals surface area contributed by atoms with E-state index in [2.05, 4.69) is 31.3 Å². The molecule has 0 radical (unpaired) electrons. The first-order chi connectivity index (χ1) is 12.6. The predicted molar refractivity (Wildman–Crippen MR) is 101 cm³/mol. The number of nitrogens with zero attached hydrogens (tertiary/aromatic N) is 3. The third-order valence-corrected chi connectivity index (χ3v) is 4.27. The number of amides is 1. The van der Waals surface area contributed by atoms with E-state index in [-0.39, 0.29) is 18.0 Å². The van der Waals surface area contributed by atoms with E-state index in [1.165, 1.54) is 10.9 Å². The van der Waals surface area contributed by atoms with Crippen molar-refractivity contribution >= 4 is 32.6 Å². The van der Waals surface area contributed by atoms with Gasteiger partial charge in [0.25, 0.3) is 11.5 Å². The third kappa shape index (κ3) is 3.97. The molecule has 0 aliphatic heterocycles. The zero-order valence-corrected chi connectivity index (χ0v) is 15.7. The molecule has 1 aromatic carbocycles. The molecular formula is C18H17BrN4O3. The van der Waals surface area contributed by atoms with Crippen molar-refractivity contribution < 1.29 is 9.53 Å². The largest absolute Gasteiger partial charge is 0.383 e. The number of benzene rings is 1. The van der Waals surface area contributed by atoms with E-state index in [0.29, 0.717) is 29.8 Å². The highest BCUT2D eigenvalue weighted by Crippen LogP contribution is 2.14. The van der Waals surface area contributed by atoms with Gasteiger partial charge in [0, 0.05) is 29.4 Å². The van der Waals surface area contributed by atoms with E-state index < -0.39 is 0 Å². The molecule has 26 heavy (non-hydrogen) atoms. The molecule has 1 N–H and O–H groups in total. The second-order valence-electron chi connectivity index (χ2n) is 5.59. The van der Waals surface area contributed by atoms with Gasteiger partial charge < -0.3 is 10.1 Å². The van der Waals surface area contributed by atoms with Gasteiger partial charge in [-0.3, -0.25) is 14.6 Å². The summed E-state index contributed by atoms with van der Waals surface area (Å²) in [5, 5.41) is 8.52. The molecule has 3 aromatic rings. The quantitative estimate of drug-likeness (QED) is 0.664. The maximum absolute atomic E-state index is 12.5. The molecule has 0 saturated carbocycles. The van der Waals surface area contributed by atoms with Crippen molar-refractivity contribution in [3.8, 4) is 0 Å². The van der Waals surface area contributed by atoms with Gasteiger partial charge >= 0.3 is 0 Å². The minimum absolute atomic E-state index is 0.177. The fourth-order valence-electron chi connectivity index (χ4n) is 2.57. The van der Waals surface area contributed by atoms with Crippen LogP contribution in [0.2, 0.25) is 0 Å². The second kappa shape index (κ2) is 8.20. The van der Waals surface area contributed by atoms with Crippen LogP contribution in [-0.2, 0) is 17.8 Å².